The number of carbonyl (C=O) groups excluding carboxylic acids is 1. The fourth-order valence-corrected chi connectivity index (χ4v) is 3.39. The maximum atomic E-state index is 12.1. The van der Waals surface area contributed by atoms with Gasteiger partial charge in [0.2, 0.25) is 0 Å². The van der Waals surface area contributed by atoms with Crippen LogP contribution in [0.5, 0.6) is 5.75 Å². The SMILES string of the molecule is CC(CN1CCN(c2ccccn2)CC1)NC(=O)COc1ccc(Br)cc1. The Balaban J connectivity index is 1.36. The summed E-state index contributed by atoms with van der Waals surface area (Å²) >= 11 is 3.38. The number of benzene rings is 1. The van der Waals surface area contributed by atoms with Gasteiger partial charge < -0.3 is 15.0 Å². The molecule has 2 aromatic rings. The van der Waals surface area contributed by atoms with Crippen molar-refractivity contribution >= 4 is 27.7 Å². The minimum atomic E-state index is -0.0995. The van der Waals surface area contributed by atoms with Crippen LogP contribution in [0.4, 0.5) is 5.82 Å². The molecule has 0 aliphatic carbocycles. The number of piperazine rings is 1. The highest BCUT2D eigenvalue weighted by Crippen LogP contribution is 2.16. The summed E-state index contributed by atoms with van der Waals surface area (Å²) in [5.41, 5.74) is 0. The van der Waals surface area contributed by atoms with Gasteiger partial charge in [-0.05, 0) is 43.3 Å². The van der Waals surface area contributed by atoms with Gasteiger partial charge >= 0.3 is 0 Å². The third-order valence-electron chi connectivity index (χ3n) is 4.47. The van der Waals surface area contributed by atoms with Gasteiger partial charge in [-0.3, -0.25) is 9.69 Å². The molecular weight excluding hydrogens is 408 g/mol. The van der Waals surface area contributed by atoms with Crippen LogP contribution in [0.2, 0.25) is 0 Å². The Morgan fingerprint density at radius 3 is 2.59 bits per heavy atom. The minimum Gasteiger partial charge on any atom is -0.484 e. The van der Waals surface area contributed by atoms with E-state index in [0.29, 0.717) is 5.75 Å². The number of pyridine rings is 1. The molecule has 1 fully saturated rings. The van der Waals surface area contributed by atoms with Crippen molar-refractivity contribution in [2.75, 3.05) is 44.2 Å². The third kappa shape index (κ3) is 6.22. The molecule has 2 heterocycles. The van der Waals surface area contributed by atoms with Crippen molar-refractivity contribution in [1.29, 1.82) is 0 Å². The summed E-state index contributed by atoms with van der Waals surface area (Å²) in [5, 5.41) is 3.01. The van der Waals surface area contributed by atoms with Crippen LogP contribution >= 0.6 is 15.9 Å². The Hall–Kier alpha value is -2.12. The zero-order chi connectivity index (χ0) is 19.1. The lowest BCUT2D eigenvalue weighted by Gasteiger charge is -2.36. The second-order valence-corrected chi connectivity index (χ2v) is 7.60. The molecule has 0 saturated carbocycles. The minimum absolute atomic E-state index is 0.0272. The molecule has 7 heteroatoms. The molecule has 0 bridgehead atoms. The van der Waals surface area contributed by atoms with Gasteiger partial charge in [-0.1, -0.05) is 22.0 Å². The fraction of sp³-hybridized carbons (Fsp3) is 0.400. The van der Waals surface area contributed by atoms with Gasteiger partial charge in [0, 0.05) is 49.4 Å². The average Bonchev–Trinajstić information content (AvgIpc) is 2.69. The number of hydrogen-bond donors (Lipinski definition) is 1. The van der Waals surface area contributed by atoms with E-state index in [9.17, 15) is 4.79 Å². The first-order chi connectivity index (χ1) is 13.1. The van der Waals surface area contributed by atoms with Crippen molar-refractivity contribution in [3.63, 3.8) is 0 Å². The molecule has 1 amide bonds. The van der Waals surface area contributed by atoms with Crippen molar-refractivity contribution < 1.29 is 9.53 Å². The van der Waals surface area contributed by atoms with Crippen molar-refractivity contribution in [2.24, 2.45) is 0 Å². The molecule has 1 aromatic heterocycles. The largest absolute Gasteiger partial charge is 0.484 e. The Kier molecular flexibility index (Phi) is 7.06. The number of nitrogens with one attached hydrogen (secondary N) is 1. The maximum Gasteiger partial charge on any atom is 0.258 e. The Morgan fingerprint density at radius 1 is 1.19 bits per heavy atom. The van der Waals surface area contributed by atoms with E-state index < -0.39 is 0 Å². The topological polar surface area (TPSA) is 57.7 Å². The average molecular weight is 433 g/mol. The smallest absolute Gasteiger partial charge is 0.258 e. The van der Waals surface area contributed by atoms with Crippen molar-refractivity contribution in [1.82, 2.24) is 15.2 Å². The second-order valence-electron chi connectivity index (χ2n) is 6.69. The van der Waals surface area contributed by atoms with Crippen molar-refractivity contribution in [3.8, 4) is 5.75 Å². The van der Waals surface area contributed by atoms with Crippen LogP contribution in [0.1, 0.15) is 6.92 Å². The molecule has 3 rings (SSSR count). The van der Waals surface area contributed by atoms with Crippen LogP contribution in [0.15, 0.2) is 53.1 Å². The number of nitrogens with zero attached hydrogens (tertiary/aromatic N) is 3. The first-order valence-electron chi connectivity index (χ1n) is 9.16. The normalized spacial score (nSPS) is 16.0. The summed E-state index contributed by atoms with van der Waals surface area (Å²) in [6, 6.07) is 13.5. The van der Waals surface area contributed by atoms with Gasteiger partial charge in [0.25, 0.3) is 5.91 Å². The van der Waals surface area contributed by atoms with E-state index in [-0.39, 0.29) is 18.6 Å². The number of carbonyl (C=O) groups is 1. The molecule has 6 nitrogen and oxygen atoms in total. The van der Waals surface area contributed by atoms with E-state index in [1.54, 1.807) is 0 Å². The van der Waals surface area contributed by atoms with Gasteiger partial charge in [-0.25, -0.2) is 4.98 Å². The number of ether oxygens (including phenoxy) is 1. The lowest BCUT2D eigenvalue weighted by molar-refractivity contribution is -0.123. The Bertz CT molecular complexity index is 719. The zero-order valence-corrected chi connectivity index (χ0v) is 17.1. The van der Waals surface area contributed by atoms with Gasteiger partial charge in [0.15, 0.2) is 6.61 Å². The molecule has 1 saturated heterocycles. The van der Waals surface area contributed by atoms with Crippen LogP contribution < -0.4 is 15.0 Å². The predicted octanol–water partition coefficient (Wildman–Crippen LogP) is 2.55. The maximum absolute atomic E-state index is 12.1. The molecule has 0 spiro atoms. The van der Waals surface area contributed by atoms with Crippen molar-refractivity contribution in [3.05, 3.63) is 53.1 Å². The van der Waals surface area contributed by atoms with Crippen LogP contribution in [-0.2, 0) is 4.79 Å². The molecule has 1 N–H and O–H groups in total. The fourth-order valence-electron chi connectivity index (χ4n) is 3.13. The van der Waals surface area contributed by atoms with Gasteiger partial charge in [-0.15, -0.1) is 0 Å². The number of rotatable bonds is 7. The summed E-state index contributed by atoms with van der Waals surface area (Å²) in [7, 11) is 0. The molecule has 1 aliphatic rings. The molecule has 1 aromatic carbocycles. The predicted molar refractivity (Wildman–Crippen MR) is 110 cm³/mol. The van der Waals surface area contributed by atoms with Crippen LogP contribution in [0.3, 0.4) is 0 Å². The van der Waals surface area contributed by atoms with E-state index in [1.807, 2.05) is 55.6 Å². The lowest BCUT2D eigenvalue weighted by Crippen LogP contribution is -2.51. The van der Waals surface area contributed by atoms with E-state index >= 15 is 0 Å². The van der Waals surface area contributed by atoms with Gasteiger partial charge in [0.05, 0.1) is 0 Å². The van der Waals surface area contributed by atoms with E-state index in [4.69, 9.17) is 4.74 Å². The summed E-state index contributed by atoms with van der Waals surface area (Å²) in [6.07, 6.45) is 1.83. The highest BCUT2D eigenvalue weighted by molar-refractivity contribution is 9.10. The molecule has 1 unspecified atom stereocenters. The summed E-state index contributed by atoms with van der Waals surface area (Å²) < 4.78 is 6.50. The van der Waals surface area contributed by atoms with E-state index in [2.05, 4.69) is 36.0 Å². The molecular formula is C20H25BrN4O2. The first kappa shape index (κ1) is 19.6. The number of halogens is 1. The summed E-state index contributed by atoms with van der Waals surface area (Å²) in [4.78, 5) is 21.2. The molecule has 144 valence electrons. The van der Waals surface area contributed by atoms with Crippen LogP contribution in [-0.4, -0.2) is 61.2 Å². The number of anilines is 1. The molecule has 27 heavy (non-hydrogen) atoms. The van der Waals surface area contributed by atoms with Gasteiger partial charge in [0.1, 0.15) is 11.6 Å². The zero-order valence-electron chi connectivity index (χ0n) is 15.5. The highest BCUT2D eigenvalue weighted by atomic mass is 79.9. The first-order valence-corrected chi connectivity index (χ1v) is 9.95. The quantitative estimate of drug-likeness (QED) is 0.728. The number of aromatic nitrogens is 1. The van der Waals surface area contributed by atoms with Crippen molar-refractivity contribution in [2.45, 2.75) is 13.0 Å². The number of amides is 1. The summed E-state index contributed by atoms with van der Waals surface area (Å²) in [5.74, 6) is 1.62. The second kappa shape index (κ2) is 9.71. The molecule has 1 aliphatic heterocycles. The van der Waals surface area contributed by atoms with Gasteiger partial charge in [-0.2, -0.15) is 0 Å². The lowest BCUT2D eigenvalue weighted by atomic mass is 10.2. The monoisotopic (exact) mass is 432 g/mol. The Labute approximate surface area is 168 Å². The summed E-state index contributed by atoms with van der Waals surface area (Å²) in [6.45, 7) is 6.72. The van der Waals surface area contributed by atoms with Crippen LogP contribution in [0, 0.1) is 0 Å². The highest BCUT2D eigenvalue weighted by Gasteiger charge is 2.20. The third-order valence-corrected chi connectivity index (χ3v) is 5.00. The Morgan fingerprint density at radius 2 is 1.93 bits per heavy atom. The van der Waals surface area contributed by atoms with E-state index in [0.717, 1.165) is 43.0 Å². The standard InChI is InChI=1S/C20H25BrN4O2/c1-16(23-20(26)15-27-18-7-5-17(21)6-8-18)14-24-10-12-25(13-11-24)19-4-2-3-9-22-19/h2-9,16H,10-15H2,1H3,(H,23,26). The molecule has 1 atom stereocenters. The molecule has 0 radical (unpaired) electrons. The number of hydrogen-bond acceptors (Lipinski definition) is 5. The van der Waals surface area contributed by atoms with E-state index in [1.165, 1.54) is 0 Å². The van der Waals surface area contributed by atoms with Crippen LogP contribution in [0.25, 0.3) is 0 Å².